The minimum absolute atomic E-state index is 0.180. The molecule has 3 aromatic rings. The SMILES string of the molecule is O=C(O)c1ccc2nnn(-c3cc(Cl)ccc3Br)c2c1. The number of aromatic nitrogens is 3. The van der Waals surface area contributed by atoms with Crippen molar-refractivity contribution in [1.82, 2.24) is 15.0 Å². The highest BCUT2D eigenvalue weighted by Crippen LogP contribution is 2.27. The molecule has 0 saturated heterocycles. The highest BCUT2D eigenvalue weighted by atomic mass is 79.9. The molecule has 0 aliphatic heterocycles. The molecule has 2 aromatic carbocycles. The molecule has 0 bridgehead atoms. The fraction of sp³-hybridized carbons (Fsp3) is 0. The maximum atomic E-state index is 11.1. The lowest BCUT2D eigenvalue weighted by Crippen LogP contribution is -2.00. The van der Waals surface area contributed by atoms with Crippen LogP contribution >= 0.6 is 27.5 Å². The monoisotopic (exact) mass is 351 g/mol. The predicted octanol–water partition coefficient (Wildman–Crippen LogP) is 3.53. The Bertz CT molecular complexity index is 832. The summed E-state index contributed by atoms with van der Waals surface area (Å²) in [7, 11) is 0. The van der Waals surface area contributed by atoms with E-state index in [1.54, 1.807) is 28.9 Å². The smallest absolute Gasteiger partial charge is 0.335 e. The van der Waals surface area contributed by atoms with Gasteiger partial charge in [-0.05, 0) is 52.3 Å². The first-order valence-electron chi connectivity index (χ1n) is 5.60. The average molecular weight is 353 g/mol. The van der Waals surface area contributed by atoms with Gasteiger partial charge in [0.25, 0.3) is 0 Å². The molecule has 1 N–H and O–H groups in total. The molecule has 0 spiro atoms. The fourth-order valence-corrected chi connectivity index (χ4v) is 2.46. The van der Waals surface area contributed by atoms with Gasteiger partial charge < -0.3 is 5.11 Å². The van der Waals surface area contributed by atoms with Crippen LogP contribution in [0.15, 0.2) is 40.9 Å². The molecule has 0 atom stereocenters. The van der Waals surface area contributed by atoms with Gasteiger partial charge in [-0.3, -0.25) is 0 Å². The lowest BCUT2D eigenvalue weighted by atomic mass is 10.2. The van der Waals surface area contributed by atoms with E-state index in [0.29, 0.717) is 21.7 Å². The Hall–Kier alpha value is -1.92. The van der Waals surface area contributed by atoms with Crippen molar-refractivity contribution in [2.45, 2.75) is 0 Å². The Morgan fingerprint density at radius 1 is 1.25 bits per heavy atom. The van der Waals surface area contributed by atoms with Gasteiger partial charge in [-0.15, -0.1) is 5.10 Å². The number of rotatable bonds is 2. The molecule has 20 heavy (non-hydrogen) atoms. The zero-order chi connectivity index (χ0) is 14.3. The third kappa shape index (κ3) is 2.17. The number of hydrogen-bond acceptors (Lipinski definition) is 3. The average Bonchev–Trinajstić information content (AvgIpc) is 2.84. The summed E-state index contributed by atoms with van der Waals surface area (Å²) in [4.78, 5) is 11.1. The number of nitrogens with zero attached hydrogens (tertiary/aromatic N) is 3. The van der Waals surface area contributed by atoms with Crippen LogP contribution < -0.4 is 0 Å². The first-order valence-corrected chi connectivity index (χ1v) is 6.77. The normalized spacial score (nSPS) is 10.9. The molecule has 0 saturated carbocycles. The van der Waals surface area contributed by atoms with Gasteiger partial charge in [0.1, 0.15) is 5.52 Å². The van der Waals surface area contributed by atoms with Gasteiger partial charge in [0.15, 0.2) is 0 Å². The first-order chi connectivity index (χ1) is 9.56. The summed E-state index contributed by atoms with van der Waals surface area (Å²) in [5.41, 5.74) is 2.09. The van der Waals surface area contributed by atoms with E-state index in [2.05, 4.69) is 26.2 Å². The van der Waals surface area contributed by atoms with Gasteiger partial charge in [-0.2, -0.15) is 0 Å². The van der Waals surface area contributed by atoms with Gasteiger partial charge in [-0.1, -0.05) is 16.8 Å². The molecule has 1 heterocycles. The standard InChI is InChI=1S/C13H7BrClN3O2/c14-9-3-2-8(15)6-11(9)18-12-5-7(13(19)20)1-4-10(12)16-17-18/h1-6H,(H,19,20). The number of carboxylic acid groups (broad SMARTS) is 1. The van der Waals surface area contributed by atoms with Crippen molar-refractivity contribution < 1.29 is 9.90 Å². The predicted molar refractivity (Wildman–Crippen MR) is 78.5 cm³/mol. The Balaban J connectivity index is 2.28. The summed E-state index contributed by atoms with van der Waals surface area (Å²) >= 11 is 9.41. The fourth-order valence-electron chi connectivity index (χ4n) is 1.88. The molecular formula is C13H7BrClN3O2. The van der Waals surface area contributed by atoms with E-state index in [9.17, 15) is 4.79 Å². The minimum Gasteiger partial charge on any atom is -0.478 e. The quantitative estimate of drug-likeness (QED) is 0.766. The highest BCUT2D eigenvalue weighted by Gasteiger charge is 2.12. The number of aromatic carboxylic acids is 1. The van der Waals surface area contributed by atoms with Crippen LogP contribution in [-0.4, -0.2) is 26.1 Å². The lowest BCUT2D eigenvalue weighted by Gasteiger charge is -2.06. The van der Waals surface area contributed by atoms with Crippen molar-refractivity contribution >= 4 is 44.5 Å². The van der Waals surface area contributed by atoms with Crippen LogP contribution in [0.3, 0.4) is 0 Å². The molecule has 3 rings (SSSR count). The van der Waals surface area contributed by atoms with Gasteiger partial charge in [0.05, 0.1) is 16.8 Å². The van der Waals surface area contributed by atoms with Crippen molar-refractivity contribution in [2.75, 3.05) is 0 Å². The third-order valence-corrected chi connectivity index (χ3v) is 3.73. The maximum absolute atomic E-state index is 11.1. The molecule has 0 aliphatic rings. The summed E-state index contributed by atoms with van der Waals surface area (Å²) in [6.07, 6.45) is 0. The second-order valence-electron chi connectivity index (χ2n) is 4.11. The van der Waals surface area contributed by atoms with Crippen molar-refractivity contribution in [3.8, 4) is 5.69 Å². The molecular weight excluding hydrogens is 346 g/mol. The first kappa shape index (κ1) is 13.1. The zero-order valence-corrected chi connectivity index (χ0v) is 12.3. The van der Waals surface area contributed by atoms with E-state index in [-0.39, 0.29) is 5.56 Å². The summed E-state index contributed by atoms with van der Waals surface area (Å²) in [5, 5.41) is 17.7. The Morgan fingerprint density at radius 2 is 2.05 bits per heavy atom. The maximum Gasteiger partial charge on any atom is 0.335 e. The molecule has 0 fully saturated rings. The third-order valence-electron chi connectivity index (χ3n) is 2.83. The number of halogens is 2. The second-order valence-corrected chi connectivity index (χ2v) is 5.40. The van der Waals surface area contributed by atoms with E-state index < -0.39 is 5.97 Å². The Kier molecular flexibility index (Phi) is 3.19. The number of benzene rings is 2. The zero-order valence-electron chi connectivity index (χ0n) is 9.92. The van der Waals surface area contributed by atoms with Crippen LogP contribution in [0.1, 0.15) is 10.4 Å². The second kappa shape index (κ2) is 4.88. The topological polar surface area (TPSA) is 68.0 Å². The van der Waals surface area contributed by atoms with Crippen LogP contribution in [0, 0.1) is 0 Å². The van der Waals surface area contributed by atoms with Crippen molar-refractivity contribution in [1.29, 1.82) is 0 Å². The highest BCUT2D eigenvalue weighted by molar-refractivity contribution is 9.10. The summed E-state index contributed by atoms with van der Waals surface area (Å²) in [6, 6.07) is 9.93. The molecule has 1 aromatic heterocycles. The largest absolute Gasteiger partial charge is 0.478 e. The van der Waals surface area contributed by atoms with E-state index in [4.69, 9.17) is 16.7 Å². The minimum atomic E-state index is -0.996. The van der Waals surface area contributed by atoms with Gasteiger partial charge in [0, 0.05) is 9.50 Å². The van der Waals surface area contributed by atoms with Crippen molar-refractivity contribution in [3.05, 3.63) is 51.5 Å². The van der Waals surface area contributed by atoms with Crippen LogP contribution in [0.5, 0.6) is 0 Å². The van der Waals surface area contributed by atoms with Crippen LogP contribution in [-0.2, 0) is 0 Å². The number of carbonyl (C=O) groups is 1. The lowest BCUT2D eigenvalue weighted by molar-refractivity contribution is 0.0697. The molecule has 0 radical (unpaired) electrons. The number of hydrogen-bond donors (Lipinski definition) is 1. The van der Waals surface area contributed by atoms with Gasteiger partial charge >= 0.3 is 5.97 Å². The van der Waals surface area contributed by atoms with E-state index in [0.717, 1.165) is 4.47 Å². The van der Waals surface area contributed by atoms with Crippen molar-refractivity contribution in [2.24, 2.45) is 0 Å². The Labute approximate surface area is 126 Å². The molecule has 5 nitrogen and oxygen atoms in total. The van der Waals surface area contributed by atoms with E-state index >= 15 is 0 Å². The summed E-state index contributed by atoms with van der Waals surface area (Å²) in [6.45, 7) is 0. The molecule has 100 valence electrons. The molecule has 0 unspecified atom stereocenters. The van der Waals surface area contributed by atoms with Gasteiger partial charge in [-0.25, -0.2) is 9.48 Å². The van der Waals surface area contributed by atoms with Crippen LogP contribution in [0.2, 0.25) is 5.02 Å². The molecule has 7 heteroatoms. The van der Waals surface area contributed by atoms with Crippen LogP contribution in [0.25, 0.3) is 16.7 Å². The summed E-state index contributed by atoms with van der Waals surface area (Å²) < 4.78 is 2.34. The van der Waals surface area contributed by atoms with E-state index in [1.807, 2.05) is 0 Å². The Morgan fingerprint density at radius 3 is 2.80 bits per heavy atom. The van der Waals surface area contributed by atoms with E-state index in [1.165, 1.54) is 12.1 Å². The van der Waals surface area contributed by atoms with Crippen LogP contribution in [0.4, 0.5) is 0 Å². The van der Waals surface area contributed by atoms with Crippen molar-refractivity contribution in [3.63, 3.8) is 0 Å². The number of fused-ring (bicyclic) bond motifs is 1. The molecule has 0 amide bonds. The summed E-state index contributed by atoms with van der Waals surface area (Å²) in [5.74, 6) is -0.996. The van der Waals surface area contributed by atoms with Gasteiger partial charge in [0.2, 0.25) is 0 Å². The molecule has 0 aliphatic carbocycles. The number of carboxylic acids is 1.